The topological polar surface area (TPSA) is 94.2 Å². The van der Waals surface area contributed by atoms with Gasteiger partial charge in [-0.05, 0) is 49.8 Å². The maximum absolute atomic E-state index is 12.8. The number of amides is 2. The summed E-state index contributed by atoms with van der Waals surface area (Å²) in [4.78, 5) is 38.2. The van der Waals surface area contributed by atoms with Crippen molar-refractivity contribution < 1.29 is 37.4 Å². The van der Waals surface area contributed by atoms with E-state index in [9.17, 15) is 23.2 Å². The fourth-order valence-electron chi connectivity index (χ4n) is 3.17. The number of halogens is 2. The minimum absolute atomic E-state index is 0.0962. The maximum Gasteiger partial charge on any atom is 0.387 e. The average Bonchev–Trinajstić information content (AvgIpc) is 2.78. The summed E-state index contributed by atoms with van der Waals surface area (Å²) in [5.41, 5.74) is 1.47. The first-order valence-electron chi connectivity index (χ1n) is 10.1. The Hall–Kier alpha value is -3.95. The van der Waals surface area contributed by atoms with Crippen molar-refractivity contribution in [2.24, 2.45) is 0 Å². The molecule has 0 saturated carbocycles. The maximum atomic E-state index is 12.8. The molecule has 1 aliphatic rings. The number of alkyl halides is 2. The zero-order chi connectivity index (χ0) is 24.0. The molecule has 0 aliphatic carbocycles. The second-order valence-corrected chi connectivity index (χ2v) is 6.92. The first-order valence-corrected chi connectivity index (χ1v) is 10.1. The van der Waals surface area contributed by atoms with Crippen molar-refractivity contribution in [1.29, 1.82) is 0 Å². The molecule has 2 aromatic rings. The van der Waals surface area contributed by atoms with Crippen LogP contribution in [0, 0.1) is 0 Å². The van der Waals surface area contributed by atoms with E-state index < -0.39 is 24.6 Å². The van der Waals surface area contributed by atoms with Crippen LogP contribution in [0.2, 0.25) is 0 Å². The van der Waals surface area contributed by atoms with E-state index >= 15 is 0 Å². The Morgan fingerprint density at radius 2 is 1.94 bits per heavy atom. The van der Waals surface area contributed by atoms with E-state index in [1.807, 2.05) is 0 Å². The largest absolute Gasteiger partial charge is 0.490 e. The van der Waals surface area contributed by atoms with Crippen LogP contribution in [0.1, 0.15) is 19.4 Å². The molecule has 8 nitrogen and oxygen atoms in total. The first-order chi connectivity index (χ1) is 15.8. The molecule has 0 unspecified atom stereocenters. The summed E-state index contributed by atoms with van der Waals surface area (Å²) < 4.78 is 39.9. The standard InChI is InChI=1S/C23H22F2N2O6/c1-3-31-19-12-15(8-10-18(19)33-23(24)25)9-11-21(29)32-14(2)22(30)27-13-20(28)26-16-6-4-5-7-17(16)27/h4-12,14,23H,3,13H2,1-2H3,(H,26,28)/b11-9-/t14-/m0/s1. The Bertz CT molecular complexity index is 1070. The predicted molar refractivity (Wildman–Crippen MR) is 116 cm³/mol. The molecule has 0 radical (unpaired) electrons. The molecule has 0 saturated heterocycles. The van der Waals surface area contributed by atoms with Crippen molar-refractivity contribution in [1.82, 2.24) is 0 Å². The number of hydrogen-bond donors (Lipinski definition) is 1. The summed E-state index contributed by atoms with van der Waals surface area (Å²) in [6, 6.07) is 11.0. The van der Waals surface area contributed by atoms with Crippen molar-refractivity contribution in [3.63, 3.8) is 0 Å². The van der Waals surface area contributed by atoms with Gasteiger partial charge in [0.05, 0.1) is 18.0 Å². The normalized spacial score (nSPS) is 14.0. The minimum atomic E-state index is -3.00. The van der Waals surface area contributed by atoms with Crippen molar-refractivity contribution in [2.45, 2.75) is 26.6 Å². The Morgan fingerprint density at radius 3 is 2.67 bits per heavy atom. The Kier molecular flexibility index (Phi) is 7.60. The highest BCUT2D eigenvalue weighted by molar-refractivity contribution is 6.11. The van der Waals surface area contributed by atoms with Gasteiger partial charge in [-0.3, -0.25) is 14.5 Å². The van der Waals surface area contributed by atoms with Gasteiger partial charge in [-0.15, -0.1) is 0 Å². The van der Waals surface area contributed by atoms with Crippen LogP contribution in [0.3, 0.4) is 0 Å². The molecule has 1 aliphatic heterocycles. The molecule has 33 heavy (non-hydrogen) atoms. The lowest BCUT2D eigenvalue weighted by Crippen LogP contribution is -2.46. The number of carbonyl (C=O) groups excluding carboxylic acids is 3. The molecular weight excluding hydrogens is 438 g/mol. The smallest absolute Gasteiger partial charge is 0.387 e. The lowest BCUT2D eigenvalue weighted by Gasteiger charge is -2.30. The van der Waals surface area contributed by atoms with E-state index in [0.717, 1.165) is 6.08 Å². The molecule has 0 bridgehead atoms. The van der Waals surface area contributed by atoms with Crippen LogP contribution in [0.15, 0.2) is 48.5 Å². The fraction of sp³-hybridized carbons (Fsp3) is 0.261. The summed E-state index contributed by atoms with van der Waals surface area (Å²) in [6.45, 7) is 0.131. The fourth-order valence-corrected chi connectivity index (χ4v) is 3.17. The number of esters is 1. The summed E-state index contributed by atoms with van der Waals surface area (Å²) in [6.07, 6.45) is 1.33. The summed E-state index contributed by atoms with van der Waals surface area (Å²) >= 11 is 0. The molecule has 1 atom stereocenters. The lowest BCUT2D eigenvalue weighted by atomic mass is 10.1. The molecule has 174 valence electrons. The summed E-state index contributed by atoms with van der Waals surface area (Å²) in [5.74, 6) is -1.73. The number of anilines is 2. The van der Waals surface area contributed by atoms with Gasteiger partial charge in [0.25, 0.3) is 5.91 Å². The van der Waals surface area contributed by atoms with Gasteiger partial charge in [-0.1, -0.05) is 18.2 Å². The number of fused-ring (bicyclic) bond motifs is 1. The van der Waals surface area contributed by atoms with E-state index in [-0.39, 0.29) is 30.6 Å². The minimum Gasteiger partial charge on any atom is -0.490 e. The number of benzene rings is 2. The number of hydrogen-bond acceptors (Lipinski definition) is 6. The zero-order valence-electron chi connectivity index (χ0n) is 17.9. The highest BCUT2D eigenvalue weighted by Gasteiger charge is 2.31. The molecule has 0 spiro atoms. The quantitative estimate of drug-likeness (QED) is 0.478. The van der Waals surface area contributed by atoms with Crippen LogP contribution >= 0.6 is 0 Å². The monoisotopic (exact) mass is 460 g/mol. The second-order valence-electron chi connectivity index (χ2n) is 6.92. The van der Waals surface area contributed by atoms with Crippen molar-refractivity contribution in [3.8, 4) is 11.5 Å². The van der Waals surface area contributed by atoms with Crippen LogP contribution in [0.5, 0.6) is 11.5 Å². The van der Waals surface area contributed by atoms with Gasteiger partial charge in [0, 0.05) is 6.08 Å². The molecule has 3 rings (SSSR count). The molecule has 1 heterocycles. The number of ether oxygens (including phenoxy) is 3. The Balaban J connectivity index is 1.66. The molecule has 0 fully saturated rings. The third kappa shape index (κ3) is 6.06. The summed E-state index contributed by atoms with van der Waals surface area (Å²) in [7, 11) is 0. The van der Waals surface area contributed by atoms with Gasteiger partial charge >= 0.3 is 12.6 Å². The molecule has 10 heteroatoms. The van der Waals surface area contributed by atoms with Crippen LogP contribution in [-0.4, -0.2) is 43.7 Å². The van der Waals surface area contributed by atoms with Crippen LogP contribution in [0.25, 0.3) is 6.08 Å². The van der Waals surface area contributed by atoms with Gasteiger partial charge in [-0.2, -0.15) is 8.78 Å². The van der Waals surface area contributed by atoms with Crippen molar-refractivity contribution in [2.75, 3.05) is 23.4 Å². The average molecular weight is 460 g/mol. The van der Waals surface area contributed by atoms with Crippen molar-refractivity contribution >= 4 is 35.2 Å². The molecular formula is C23H22F2N2O6. The molecule has 2 aromatic carbocycles. The van der Waals surface area contributed by atoms with E-state index in [1.54, 1.807) is 31.2 Å². The molecule has 0 aromatic heterocycles. The van der Waals surface area contributed by atoms with E-state index in [4.69, 9.17) is 9.47 Å². The van der Waals surface area contributed by atoms with Crippen LogP contribution < -0.4 is 19.7 Å². The van der Waals surface area contributed by atoms with E-state index in [1.165, 1.54) is 36.1 Å². The van der Waals surface area contributed by atoms with Crippen LogP contribution in [0.4, 0.5) is 20.2 Å². The number of para-hydroxylation sites is 2. The van der Waals surface area contributed by atoms with Gasteiger partial charge in [0.1, 0.15) is 6.54 Å². The molecule has 1 N–H and O–H groups in total. The third-order valence-corrected chi connectivity index (χ3v) is 4.57. The third-order valence-electron chi connectivity index (χ3n) is 4.57. The van der Waals surface area contributed by atoms with Gasteiger partial charge in [-0.25, -0.2) is 4.79 Å². The van der Waals surface area contributed by atoms with Gasteiger partial charge in [0.2, 0.25) is 5.91 Å². The van der Waals surface area contributed by atoms with Gasteiger partial charge < -0.3 is 19.5 Å². The highest BCUT2D eigenvalue weighted by atomic mass is 19.3. The lowest BCUT2D eigenvalue weighted by molar-refractivity contribution is -0.149. The van der Waals surface area contributed by atoms with E-state index in [2.05, 4.69) is 10.1 Å². The first kappa shape index (κ1) is 23.7. The molecule has 2 amide bonds. The number of nitrogens with one attached hydrogen (secondary N) is 1. The van der Waals surface area contributed by atoms with Crippen molar-refractivity contribution in [3.05, 3.63) is 54.1 Å². The van der Waals surface area contributed by atoms with E-state index in [0.29, 0.717) is 16.9 Å². The predicted octanol–water partition coefficient (Wildman–Crippen LogP) is 3.62. The Morgan fingerprint density at radius 1 is 1.18 bits per heavy atom. The number of carbonyl (C=O) groups is 3. The Labute approximate surface area is 188 Å². The SMILES string of the molecule is CCOc1cc(/C=C\C(=O)O[C@@H](C)C(=O)N2CC(=O)Nc3ccccc32)ccc1OC(F)F. The second kappa shape index (κ2) is 10.6. The number of nitrogens with zero attached hydrogens (tertiary/aromatic N) is 1. The zero-order valence-corrected chi connectivity index (χ0v) is 17.9. The van der Waals surface area contributed by atoms with Crippen LogP contribution in [-0.2, 0) is 19.1 Å². The van der Waals surface area contributed by atoms with Gasteiger partial charge in [0.15, 0.2) is 17.6 Å². The summed E-state index contributed by atoms with van der Waals surface area (Å²) in [5, 5.41) is 2.68. The number of rotatable bonds is 8. The highest BCUT2D eigenvalue weighted by Crippen LogP contribution is 2.31.